The van der Waals surface area contributed by atoms with Crippen LogP contribution in [0.1, 0.15) is 30.3 Å². The maximum absolute atomic E-state index is 13.0. The maximum Gasteiger partial charge on any atom is 0.272 e. The van der Waals surface area contributed by atoms with Crippen molar-refractivity contribution in [2.24, 2.45) is 5.92 Å². The van der Waals surface area contributed by atoms with Crippen LogP contribution < -0.4 is 5.32 Å². The van der Waals surface area contributed by atoms with Crippen molar-refractivity contribution in [2.75, 3.05) is 18.4 Å². The van der Waals surface area contributed by atoms with Crippen LogP contribution in [-0.4, -0.2) is 28.9 Å². The highest BCUT2D eigenvalue weighted by Gasteiger charge is 2.23. The quantitative estimate of drug-likeness (QED) is 0.653. The lowest BCUT2D eigenvalue weighted by Gasteiger charge is -2.30. The summed E-state index contributed by atoms with van der Waals surface area (Å²) in [4.78, 5) is 19.6. The second-order valence-corrected chi connectivity index (χ2v) is 7.62. The number of rotatable bonds is 3. The van der Waals surface area contributed by atoms with Crippen molar-refractivity contribution in [2.45, 2.75) is 19.8 Å². The van der Waals surface area contributed by atoms with Crippen LogP contribution in [0.3, 0.4) is 0 Å². The highest BCUT2D eigenvalue weighted by atomic mass is 35.5. The number of nitrogens with zero attached hydrogens (tertiary/aromatic N) is 2. The summed E-state index contributed by atoms with van der Waals surface area (Å²) in [6.07, 6.45) is 2.10. The fraction of sp³-hybridized carbons (Fsp3) is 0.273. The third kappa shape index (κ3) is 3.91. The molecule has 0 bridgehead atoms. The van der Waals surface area contributed by atoms with E-state index < -0.39 is 0 Å². The van der Waals surface area contributed by atoms with Crippen LogP contribution in [-0.2, 0) is 0 Å². The number of pyridine rings is 1. The fourth-order valence-electron chi connectivity index (χ4n) is 3.45. The molecule has 1 fully saturated rings. The summed E-state index contributed by atoms with van der Waals surface area (Å²) < 4.78 is 0. The number of piperidine rings is 1. The summed E-state index contributed by atoms with van der Waals surface area (Å²) in [6, 6.07) is 17.3. The molecule has 2 heterocycles. The summed E-state index contributed by atoms with van der Waals surface area (Å²) in [5.74, 6) is 0.688. The molecule has 0 radical (unpaired) electrons. The Morgan fingerprint density at radius 1 is 1.11 bits per heavy atom. The Bertz CT molecular complexity index is 963. The van der Waals surface area contributed by atoms with Crippen LogP contribution in [0, 0.1) is 5.92 Å². The molecule has 138 valence electrons. The van der Waals surface area contributed by atoms with Crippen LogP contribution in [0.4, 0.5) is 11.4 Å². The largest absolute Gasteiger partial charge is 0.355 e. The molecule has 27 heavy (non-hydrogen) atoms. The molecule has 5 heteroatoms. The molecule has 4 nitrogen and oxygen atoms in total. The van der Waals surface area contributed by atoms with Crippen LogP contribution in [0.15, 0.2) is 54.6 Å². The van der Waals surface area contributed by atoms with E-state index in [-0.39, 0.29) is 5.91 Å². The van der Waals surface area contributed by atoms with E-state index in [1.807, 2.05) is 59.5 Å². The van der Waals surface area contributed by atoms with Gasteiger partial charge in [-0.05, 0) is 55.2 Å². The van der Waals surface area contributed by atoms with Gasteiger partial charge in [0.2, 0.25) is 0 Å². The average molecular weight is 380 g/mol. The number of para-hydroxylation sites is 1. The van der Waals surface area contributed by atoms with Crippen molar-refractivity contribution in [1.29, 1.82) is 0 Å². The Morgan fingerprint density at radius 3 is 2.56 bits per heavy atom. The third-order valence-electron chi connectivity index (χ3n) is 5.13. The molecule has 2 aromatic carbocycles. The average Bonchev–Trinajstić information content (AvgIpc) is 2.69. The molecular weight excluding hydrogens is 358 g/mol. The van der Waals surface area contributed by atoms with Crippen LogP contribution in [0.2, 0.25) is 5.02 Å². The Morgan fingerprint density at radius 2 is 1.81 bits per heavy atom. The monoisotopic (exact) mass is 379 g/mol. The second-order valence-electron chi connectivity index (χ2n) is 7.18. The van der Waals surface area contributed by atoms with Gasteiger partial charge in [0.25, 0.3) is 5.91 Å². The first-order chi connectivity index (χ1) is 13.1. The van der Waals surface area contributed by atoms with Gasteiger partial charge >= 0.3 is 0 Å². The van der Waals surface area contributed by atoms with Crippen molar-refractivity contribution in [3.8, 4) is 0 Å². The normalized spacial score (nSPS) is 15.1. The molecule has 0 atom stereocenters. The lowest BCUT2D eigenvalue weighted by atomic mass is 9.99. The van der Waals surface area contributed by atoms with E-state index in [1.165, 1.54) is 0 Å². The van der Waals surface area contributed by atoms with E-state index in [2.05, 4.69) is 17.2 Å². The second kappa shape index (κ2) is 7.57. The fourth-order valence-corrected chi connectivity index (χ4v) is 3.58. The molecule has 1 N–H and O–H groups in total. The van der Waals surface area contributed by atoms with Crippen LogP contribution >= 0.6 is 11.6 Å². The van der Waals surface area contributed by atoms with E-state index in [9.17, 15) is 4.79 Å². The first-order valence-electron chi connectivity index (χ1n) is 9.32. The number of likely N-dealkylation sites (tertiary alicyclic amines) is 1. The van der Waals surface area contributed by atoms with Crippen molar-refractivity contribution in [1.82, 2.24) is 9.88 Å². The van der Waals surface area contributed by atoms with E-state index in [1.54, 1.807) is 0 Å². The highest BCUT2D eigenvalue weighted by Crippen LogP contribution is 2.28. The summed E-state index contributed by atoms with van der Waals surface area (Å²) in [5.41, 5.74) is 3.09. The standard InChI is InChI=1S/C22H22ClN3O/c1-15-10-12-26(13-11-15)22(27)21-14-20(18-4-2-3-5-19(18)25-21)24-17-8-6-16(23)7-9-17/h2-9,14-15H,10-13H2,1H3,(H,24,25). The zero-order chi connectivity index (χ0) is 18.8. The predicted octanol–water partition coefficient (Wildman–Crippen LogP) is 5.50. The topological polar surface area (TPSA) is 45.2 Å². The number of nitrogens with one attached hydrogen (secondary N) is 1. The van der Waals surface area contributed by atoms with E-state index in [0.29, 0.717) is 16.6 Å². The Balaban J connectivity index is 1.69. The molecular formula is C22H22ClN3O. The van der Waals surface area contributed by atoms with Crippen molar-refractivity contribution in [3.63, 3.8) is 0 Å². The third-order valence-corrected chi connectivity index (χ3v) is 5.38. The SMILES string of the molecule is CC1CCN(C(=O)c2cc(Nc3ccc(Cl)cc3)c3ccccc3n2)CC1. The number of carbonyl (C=O) groups excluding carboxylic acids is 1. The van der Waals surface area contributed by atoms with E-state index in [4.69, 9.17) is 11.6 Å². The van der Waals surface area contributed by atoms with Gasteiger partial charge in [0.1, 0.15) is 5.69 Å². The lowest BCUT2D eigenvalue weighted by molar-refractivity contribution is 0.0692. The predicted molar refractivity (Wildman–Crippen MR) is 111 cm³/mol. The van der Waals surface area contributed by atoms with Crippen molar-refractivity contribution in [3.05, 3.63) is 65.3 Å². The maximum atomic E-state index is 13.0. The zero-order valence-corrected chi connectivity index (χ0v) is 16.0. The number of carbonyl (C=O) groups is 1. The van der Waals surface area contributed by atoms with Crippen molar-refractivity contribution >= 4 is 39.8 Å². The molecule has 0 spiro atoms. The molecule has 1 aliphatic rings. The lowest BCUT2D eigenvalue weighted by Crippen LogP contribution is -2.38. The van der Waals surface area contributed by atoms with Crippen molar-refractivity contribution < 1.29 is 4.79 Å². The molecule has 3 aromatic rings. The molecule has 1 amide bonds. The smallest absolute Gasteiger partial charge is 0.272 e. The minimum atomic E-state index is 0.00630. The van der Waals surface area contributed by atoms with E-state index >= 15 is 0 Å². The molecule has 1 aromatic heterocycles. The van der Waals surface area contributed by atoms with Gasteiger partial charge in [0.15, 0.2) is 0 Å². The number of anilines is 2. The molecule has 0 aliphatic carbocycles. The zero-order valence-electron chi connectivity index (χ0n) is 15.3. The van der Waals surface area contributed by atoms with Gasteiger partial charge in [0.05, 0.1) is 11.2 Å². The molecule has 0 saturated carbocycles. The van der Waals surface area contributed by atoms with Gasteiger partial charge in [-0.15, -0.1) is 0 Å². The van der Waals surface area contributed by atoms with E-state index in [0.717, 1.165) is 48.2 Å². The molecule has 0 unspecified atom stereocenters. The van der Waals surface area contributed by atoms with Gasteiger partial charge < -0.3 is 10.2 Å². The molecule has 1 aliphatic heterocycles. The summed E-state index contributed by atoms with van der Waals surface area (Å²) >= 11 is 5.98. The number of amides is 1. The minimum absolute atomic E-state index is 0.00630. The number of fused-ring (bicyclic) bond motifs is 1. The Hall–Kier alpha value is -2.59. The van der Waals surface area contributed by atoms with Gasteiger partial charge in [-0.1, -0.05) is 36.7 Å². The number of benzene rings is 2. The summed E-state index contributed by atoms with van der Waals surface area (Å²) in [6.45, 7) is 3.84. The highest BCUT2D eigenvalue weighted by molar-refractivity contribution is 6.30. The first-order valence-corrected chi connectivity index (χ1v) is 9.69. The Labute approximate surface area is 164 Å². The Kier molecular flexibility index (Phi) is 4.99. The number of hydrogen-bond acceptors (Lipinski definition) is 3. The van der Waals surface area contributed by atoms with Gasteiger partial charge in [-0.3, -0.25) is 4.79 Å². The summed E-state index contributed by atoms with van der Waals surface area (Å²) in [5, 5.41) is 5.08. The number of aromatic nitrogens is 1. The molecule has 4 rings (SSSR count). The number of halogens is 1. The van der Waals surface area contributed by atoms with Crippen LogP contribution in [0.5, 0.6) is 0 Å². The minimum Gasteiger partial charge on any atom is -0.355 e. The van der Waals surface area contributed by atoms with Gasteiger partial charge in [0, 0.05) is 29.2 Å². The number of hydrogen-bond donors (Lipinski definition) is 1. The molecule has 1 saturated heterocycles. The van der Waals surface area contributed by atoms with Crippen LogP contribution in [0.25, 0.3) is 10.9 Å². The van der Waals surface area contributed by atoms with Gasteiger partial charge in [-0.2, -0.15) is 0 Å². The van der Waals surface area contributed by atoms with Gasteiger partial charge in [-0.25, -0.2) is 4.98 Å². The first kappa shape index (κ1) is 17.8. The summed E-state index contributed by atoms with van der Waals surface area (Å²) in [7, 11) is 0.